The topological polar surface area (TPSA) is 101 Å². The number of carbonyl (C=O) groups excluding carboxylic acids is 1. The number of nitrogens with zero attached hydrogens (tertiary/aromatic N) is 2. The van der Waals surface area contributed by atoms with Gasteiger partial charge in [0, 0.05) is 24.5 Å². The van der Waals surface area contributed by atoms with Crippen LogP contribution in [0.1, 0.15) is 65.7 Å². The summed E-state index contributed by atoms with van der Waals surface area (Å²) in [6.45, 7) is 6.44. The van der Waals surface area contributed by atoms with Gasteiger partial charge in [0.15, 0.2) is 5.96 Å². The maximum Gasteiger partial charge on any atom is 0.245 e. The van der Waals surface area contributed by atoms with Crippen LogP contribution >= 0.6 is 11.6 Å². The van der Waals surface area contributed by atoms with Gasteiger partial charge in [0.05, 0.1) is 0 Å². The summed E-state index contributed by atoms with van der Waals surface area (Å²) in [6, 6.07) is -0.373. The number of nitrogens with one attached hydrogen (secondary N) is 4. The first-order valence-corrected chi connectivity index (χ1v) is 11.8. The predicted molar refractivity (Wildman–Crippen MR) is 120 cm³/mol. The molecular formula is C21H38ClFN6O2. The van der Waals surface area contributed by atoms with Crippen LogP contribution in [0.5, 0.6) is 0 Å². The average Bonchev–Trinajstić information content (AvgIpc) is 3.03. The summed E-state index contributed by atoms with van der Waals surface area (Å²) in [4.78, 5) is 17.8. The number of hydrogen-bond donors (Lipinski definition) is 5. The molecule has 3 rings (SSSR count). The molecule has 5 N–H and O–H groups in total. The molecule has 178 valence electrons. The van der Waals surface area contributed by atoms with Crippen LogP contribution in [0.2, 0.25) is 0 Å². The van der Waals surface area contributed by atoms with Gasteiger partial charge in [-0.1, -0.05) is 20.8 Å². The normalized spacial score (nSPS) is 38.2. The lowest BCUT2D eigenvalue weighted by molar-refractivity contribution is -0.124. The summed E-state index contributed by atoms with van der Waals surface area (Å²) >= 11 is 6.22. The first-order chi connectivity index (χ1) is 14.5. The fourth-order valence-corrected chi connectivity index (χ4v) is 4.96. The number of aliphatic imine (C=N–C) groups is 1. The number of guanidine groups is 1. The molecule has 3 fully saturated rings. The molecule has 1 saturated carbocycles. The van der Waals surface area contributed by atoms with E-state index in [4.69, 9.17) is 11.6 Å². The van der Waals surface area contributed by atoms with E-state index in [-0.39, 0.29) is 41.0 Å². The molecule has 0 aromatic rings. The van der Waals surface area contributed by atoms with Gasteiger partial charge in [-0.2, -0.15) is 0 Å². The van der Waals surface area contributed by atoms with Crippen LogP contribution in [-0.4, -0.2) is 71.1 Å². The van der Waals surface area contributed by atoms with Crippen LogP contribution < -0.4 is 21.4 Å². The van der Waals surface area contributed by atoms with E-state index in [9.17, 15) is 14.3 Å². The number of amides is 1. The van der Waals surface area contributed by atoms with E-state index >= 15 is 0 Å². The van der Waals surface area contributed by atoms with Crippen LogP contribution in [0.4, 0.5) is 4.39 Å². The molecule has 1 aliphatic carbocycles. The smallest absolute Gasteiger partial charge is 0.245 e. The number of hydrogen-bond acceptors (Lipinski definition) is 6. The number of alkyl halides is 2. The van der Waals surface area contributed by atoms with Crippen LogP contribution in [-0.2, 0) is 4.79 Å². The summed E-state index contributed by atoms with van der Waals surface area (Å²) in [5.74, 6) is 0.145. The molecule has 3 aliphatic rings. The summed E-state index contributed by atoms with van der Waals surface area (Å²) < 4.78 is 14.0. The Bertz CT molecular complexity index is 650. The zero-order chi connectivity index (χ0) is 22.8. The van der Waals surface area contributed by atoms with Gasteiger partial charge in [0.25, 0.3) is 0 Å². The highest BCUT2D eigenvalue weighted by molar-refractivity contribution is 6.20. The van der Waals surface area contributed by atoms with Crippen molar-refractivity contribution in [3.05, 3.63) is 0 Å². The highest BCUT2D eigenvalue weighted by atomic mass is 35.5. The Morgan fingerprint density at radius 1 is 1.23 bits per heavy atom. The zero-order valence-electron chi connectivity index (χ0n) is 19.0. The largest absolute Gasteiger partial charge is 0.379 e. The second-order valence-corrected chi connectivity index (χ2v) is 10.9. The number of hydrazine groups is 1. The van der Waals surface area contributed by atoms with Gasteiger partial charge in [-0.25, -0.2) is 14.4 Å². The molecule has 10 heteroatoms. The van der Waals surface area contributed by atoms with Crippen molar-refractivity contribution in [3.63, 3.8) is 0 Å². The Labute approximate surface area is 189 Å². The summed E-state index contributed by atoms with van der Waals surface area (Å²) in [7, 11) is 1.87. The second-order valence-electron chi connectivity index (χ2n) is 10.2. The number of halogens is 2. The third kappa shape index (κ3) is 6.99. The Morgan fingerprint density at radius 2 is 1.97 bits per heavy atom. The zero-order valence-corrected chi connectivity index (χ0v) is 19.8. The van der Waals surface area contributed by atoms with E-state index in [0.717, 1.165) is 12.8 Å². The number of aliphatic hydroxyl groups excluding tert-OH is 1. The molecule has 31 heavy (non-hydrogen) atoms. The standard InChI is InChI=1S/C21H38ClFN6O2/c1-21(2,3)16-11-15(29(4)28-16)19(31)27-20(26-17-6-5-7-18(30)25-17)24-14-9-12(22)8-13(23)10-14/h12-18,25,28,30H,5-11H2,1-4H3,(H2,24,26,27,31). The lowest BCUT2D eigenvalue weighted by Gasteiger charge is -2.31. The van der Waals surface area contributed by atoms with Crippen molar-refractivity contribution in [2.45, 2.75) is 108 Å². The molecule has 0 bridgehead atoms. The number of likely N-dealkylation sites (N-methyl/N-ethyl adjacent to an activating group) is 1. The molecule has 0 aromatic heterocycles. The maximum absolute atomic E-state index is 14.0. The van der Waals surface area contributed by atoms with Crippen LogP contribution in [0, 0.1) is 5.41 Å². The molecule has 8 nitrogen and oxygen atoms in total. The SMILES string of the molecule is CN1NC(C(C)(C)C)CC1C(=O)N/C(=N/C1CCCC(O)N1)NC1CC(F)CC(Cl)C1. The van der Waals surface area contributed by atoms with Crippen LogP contribution in [0.3, 0.4) is 0 Å². The van der Waals surface area contributed by atoms with E-state index in [1.807, 2.05) is 12.1 Å². The number of aliphatic hydroxyl groups is 1. The molecule has 0 aromatic carbocycles. The fourth-order valence-electron chi connectivity index (χ4n) is 4.55. The average molecular weight is 461 g/mol. The highest BCUT2D eigenvalue weighted by Gasteiger charge is 2.40. The van der Waals surface area contributed by atoms with Gasteiger partial charge >= 0.3 is 0 Å². The molecule has 2 aliphatic heterocycles. The van der Waals surface area contributed by atoms with Crippen LogP contribution in [0.25, 0.3) is 0 Å². The first kappa shape index (κ1) is 24.6. The molecule has 0 radical (unpaired) electrons. The van der Waals surface area contributed by atoms with Crippen molar-refractivity contribution in [1.82, 2.24) is 26.4 Å². The lowest BCUT2D eigenvalue weighted by atomic mass is 9.84. The number of carbonyl (C=O) groups is 1. The van der Waals surface area contributed by atoms with E-state index in [0.29, 0.717) is 38.1 Å². The quantitative estimate of drug-likeness (QED) is 0.249. The molecule has 7 unspecified atom stereocenters. The van der Waals surface area contributed by atoms with Gasteiger partial charge in [-0.05, 0) is 50.4 Å². The first-order valence-electron chi connectivity index (χ1n) is 11.4. The fraction of sp³-hybridized carbons (Fsp3) is 0.905. The van der Waals surface area contributed by atoms with Gasteiger partial charge in [-0.3, -0.25) is 20.9 Å². The summed E-state index contributed by atoms with van der Waals surface area (Å²) in [6.07, 6.45) is 2.33. The van der Waals surface area contributed by atoms with E-state index < -0.39 is 12.4 Å². The van der Waals surface area contributed by atoms with Crippen molar-refractivity contribution < 1.29 is 14.3 Å². The minimum absolute atomic E-state index is 0.0220. The van der Waals surface area contributed by atoms with E-state index in [1.54, 1.807) is 0 Å². The van der Waals surface area contributed by atoms with Crippen molar-refractivity contribution >= 4 is 23.5 Å². The summed E-state index contributed by atoms with van der Waals surface area (Å²) in [5, 5.41) is 20.7. The molecule has 0 spiro atoms. The Balaban J connectivity index is 1.70. The molecule has 2 heterocycles. The van der Waals surface area contributed by atoms with Crippen molar-refractivity contribution in [3.8, 4) is 0 Å². The third-order valence-electron chi connectivity index (χ3n) is 6.43. The van der Waals surface area contributed by atoms with Crippen molar-refractivity contribution in [2.24, 2.45) is 10.4 Å². The van der Waals surface area contributed by atoms with Gasteiger partial charge < -0.3 is 10.4 Å². The van der Waals surface area contributed by atoms with Gasteiger partial charge in [-0.15, -0.1) is 11.6 Å². The second kappa shape index (κ2) is 10.3. The molecule has 1 amide bonds. The minimum Gasteiger partial charge on any atom is -0.379 e. The monoisotopic (exact) mass is 460 g/mol. The van der Waals surface area contributed by atoms with Crippen molar-refractivity contribution in [2.75, 3.05) is 7.05 Å². The summed E-state index contributed by atoms with van der Waals surface area (Å²) in [5.41, 5.74) is 3.40. The van der Waals surface area contributed by atoms with Gasteiger partial charge in [0.1, 0.15) is 24.6 Å². The maximum atomic E-state index is 14.0. The highest BCUT2D eigenvalue weighted by Crippen LogP contribution is 2.29. The minimum atomic E-state index is -0.974. The predicted octanol–water partition coefficient (Wildman–Crippen LogP) is 1.59. The Kier molecular flexibility index (Phi) is 8.18. The third-order valence-corrected chi connectivity index (χ3v) is 6.79. The van der Waals surface area contributed by atoms with Crippen molar-refractivity contribution in [1.29, 1.82) is 0 Å². The Morgan fingerprint density at radius 3 is 2.58 bits per heavy atom. The molecule has 2 saturated heterocycles. The van der Waals surface area contributed by atoms with Gasteiger partial charge in [0.2, 0.25) is 5.91 Å². The number of rotatable bonds is 3. The number of piperidine rings is 1. The molecular weight excluding hydrogens is 423 g/mol. The molecule has 7 atom stereocenters. The van der Waals surface area contributed by atoms with E-state index in [1.165, 1.54) is 0 Å². The lowest BCUT2D eigenvalue weighted by Crippen LogP contribution is -2.54. The Hall–Kier alpha value is -1.00. The van der Waals surface area contributed by atoms with Crippen LogP contribution in [0.15, 0.2) is 4.99 Å². The van der Waals surface area contributed by atoms with E-state index in [2.05, 4.69) is 47.1 Å².